The Labute approximate surface area is 133 Å². The average molecular weight is 430 g/mol. The molecule has 0 aliphatic carbocycles. The van der Waals surface area contributed by atoms with Crippen molar-refractivity contribution in [1.29, 1.82) is 0 Å². The summed E-state index contributed by atoms with van der Waals surface area (Å²) in [6, 6.07) is 5.04. The molecular formula is C12H18BrFIN3. The zero-order valence-electron chi connectivity index (χ0n) is 10.5. The molecule has 0 saturated carbocycles. The molecule has 0 atom stereocenters. The van der Waals surface area contributed by atoms with Crippen LogP contribution in [0.25, 0.3) is 0 Å². The Morgan fingerprint density at radius 3 is 2.39 bits per heavy atom. The highest BCUT2D eigenvalue weighted by molar-refractivity contribution is 14.0. The second-order valence-electron chi connectivity index (χ2n) is 3.47. The lowest BCUT2D eigenvalue weighted by Crippen LogP contribution is -2.36. The Kier molecular flexibility index (Phi) is 9.35. The second-order valence-corrected chi connectivity index (χ2v) is 4.33. The van der Waals surface area contributed by atoms with E-state index in [-0.39, 0.29) is 29.8 Å². The van der Waals surface area contributed by atoms with E-state index in [1.165, 1.54) is 6.07 Å². The number of guanidine groups is 1. The van der Waals surface area contributed by atoms with E-state index < -0.39 is 0 Å². The molecule has 1 aromatic carbocycles. The van der Waals surface area contributed by atoms with Gasteiger partial charge in [-0.3, -0.25) is 0 Å². The van der Waals surface area contributed by atoms with Gasteiger partial charge in [0.05, 0.1) is 11.0 Å². The van der Waals surface area contributed by atoms with Crippen LogP contribution in [0.4, 0.5) is 4.39 Å². The van der Waals surface area contributed by atoms with E-state index in [1.807, 2.05) is 19.9 Å². The molecule has 0 saturated heterocycles. The summed E-state index contributed by atoms with van der Waals surface area (Å²) in [5.74, 6) is 0.490. The quantitative estimate of drug-likeness (QED) is 0.437. The fraction of sp³-hybridized carbons (Fsp3) is 0.417. The van der Waals surface area contributed by atoms with Crippen LogP contribution in [0.2, 0.25) is 0 Å². The van der Waals surface area contributed by atoms with E-state index in [1.54, 1.807) is 6.07 Å². The Morgan fingerprint density at radius 2 is 1.89 bits per heavy atom. The molecule has 6 heteroatoms. The van der Waals surface area contributed by atoms with Crippen molar-refractivity contribution in [2.75, 3.05) is 13.1 Å². The van der Waals surface area contributed by atoms with Crippen LogP contribution in [0, 0.1) is 5.82 Å². The molecule has 0 aliphatic rings. The highest BCUT2D eigenvalue weighted by atomic mass is 127. The van der Waals surface area contributed by atoms with Gasteiger partial charge in [0.15, 0.2) is 5.96 Å². The lowest BCUT2D eigenvalue weighted by Gasteiger charge is -2.09. The number of halogens is 3. The minimum atomic E-state index is -0.258. The maximum atomic E-state index is 13.3. The fourth-order valence-corrected chi connectivity index (χ4v) is 1.56. The van der Waals surface area contributed by atoms with Crippen LogP contribution in [-0.2, 0) is 6.54 Å². The van der Waals surface area contributed by atoms with Gasteiger partial charge in [0.25, 0.3) is 0 Å². The molecule has 1 rings (SSSR count). The van der Waals surface area contributed by atoms with Gasteiger partial charge in [-0.05, 0) is 47.5 Å². The van der Waals surface area contributed by atoms with Gasteiger partial charge in [0, 0.05) is 13.1 Å². The first-order valence-electron chi connectivity index (χ1n) is 5.63. The summed E-state index contributed by atoms with van der Waals surface area (Å²) in [6.45, 7) is 6.08. The number of hydrogen-bond acceptors (Lipinski definition) is 1. The van der Waals surface area contributed by atoms with E-state index in [0.29, 0.717) is 11.0 Å². The third kappa shape index (κ3) is 5.99. The molecule has 0 fully saturated rings. The average Bonchev–Trinajstić information content (AvgIpc) is 2.31. The maximum absolute atomic E-state index is 13.3. The predicted molar refractivity (Wildman–Crippen MR) is 88.0 cm³/mol. The highest BCUT2D eigenvalue weighted by Gasteiger charge is 2.00. The summed E-state index contributed by atoms with van der Waals surface area (Å²) in [6.07, 6.45) is 0. The lowest BCUT2D eigenvalue weighted by molar-refractivity contribution is 0.618. The van der Waals surface area contributed by atoms with Crippen LogP contribution >= 0.6 is 39.9 Å². The molecule has 0 aromatic heterocycles. The number of nitrogens with one attached hydrogen (secondary N) is 2. The zero-order valence-corrected chi connectivity index (χ0v) is 14.4. The van der Waals surface area contributed by atoms with E-state index in [2.05, 4.69) is 31.6 Å². The summed E-state index contributed by atoms with van der Waals surface area (Å²) in [7, 11) is 0. The normalized spacial score (nSPS) is 9.33. The number of nitrogens with zero attached hydrogens (tertiary/aromatic N) is 1. The van der Waals surface area contributed by atoms with E-state index in [4.69, 9.17) is 0 Å². The largest absolute Gasteiger partial charge is 0.357 e. The molecule has 3 nitrogen and oxygen atoms in total. The standard InChI is InChI=1S/C12H17BrFN3.HI/c1-3-15-12(16-4-2)17-8-9-5-6-10(13)11(14)7-9;/h5-7H,3-4,8H2,1-2H3,(H2,15,16,17);1H. The predicted octanol–water partition coefficient (Wildman–Crippen LogP) is 3.28. The molecule has 18 heavy (non-hydrogen) atoms. The Bertz CT molecular complexity index is 391. The molecule has 0 spiro atoms. The molecule has 0 aliphatic heterocycles. The molecule has 0 heterocycles. The van der Waals surface area contributed by atoms with Gasteiger partial charge < -0.3 is 10.6 Å². The number of rotatable bonds is 4. The van der Waals surface area contributed by atoms with Crippen molar-refractivity contribution in [1.82, 2.24) is 10.6 Å². The van der Waals surface area contributed by atoms with Crippen LogP contribution in [0.5, 0.6) is 0 Å². The van der Waals surface area contributed by atoms with Crippen LogP contribution in [0.1, 0.15) is 19.4 Å². The van der Waals surface area contributed by atoms with Crippen molar-refractivity contribution < 1.29 is 4.39 Å². The van der Waals surface area contributed by atoms with E-state index in [9.17, 15) is 4.39 Å². The Balaban J connectivity index is 0.00000289. The highest BCUT2D eigenvalue weighted by Crippen LogP contribution is 2.16. The van der Waals surface area contributed by atoms with Gasteiger partial charge in [-0.1, -0.05) is 6.07 Å². The molecule has 2 N–H and O–H groups in total. The summed E-state index contributed by atoms with van der Waals surface area (Å²) < 4.78 is 13.7. The van der Waals surface area contributed by atoms with Crippen molar-refractivity contribution in [3.8, 4) is 0 Å². The van der Waals surface area contributed by atoms with Crippen molar-refractivity contribution in [3.63, 3.8) is 0 Å². The first-order chi connectivity index (χ1) is 8.17. The summed E-state index contributed by atoms with van der Waals surface area (Å²) in [5.41, 5.74) is 0.846. The minimum Gasteiger partial charge on any atom is -0.357 e. The Morgan fingerprint density at radius 1 is 1.28 bits per heavy atom. The van der Waals surface area contributed by atoms with Gasteiger partial charge in [0.1, 0.15) is 5.82 Å². The molecule has 0 unspecified atom stereocenters. The monoisotopic (exact) mass is 429 g/mol. The minimum absolute atomic E-state index is 0. The van der Waals surface area contributed by atoms with Gasteiger partial charge in [0.2, 0.25) is 0 Å². The zero-order chi connectivity index (χ0) is 12.7. The smallest absolute Gasteiger partial charge is 0.191 e. The van der Waals surface area contributed by atoms with Gasteiger partial charge in [-0.25, -0.2) is 9.38 Å². The van der Waals surface area contributed by atoms with Crippen molar-refractivity contribution in [2.45, 2.75) is 20.4 Å². The third-order valence-electron chi connectivity index (χ3n) is 2.09. The van der Waals surface area contributed by atoms with Crippen molar-refractivity contribution >= 4 is 45.9 Å². The van der Waals surface area contributed by atoms with Crippen molar-refractivity contribution in [3.05, 3.63) is 34.1 Å². The number of benzene rings is 1. The molecular weight excluding hydrogens is 412 g/mol. The molecule has 1 aromatic rings. The first-order valence-corrected chi connectivity index (χ1v) is 6.42. The summed E-state index contributed by atoms with van der Waals surface area (Å²) in [4.78, 5) is 4.36. The lowest BCUT2D eigenvalue weighted by atomic mass is 10.2. The third-order valence-corrected chi connectivity index (χ3v) is 2.74. The molecule has 0 bridgehead atoms. The van der Waals surface area contributed by atoms with E-state index in [0.717, 1.165) is 24.6 Å². The van der Waals surface area contributed by atoms with E-state index >= 15 is 0 Å². The SMILES string of the molecule is CCNC(=NCc1ccc(Br)c(F)c1)NCC.I. The van der Waals surface area contributed by atoms with Crippen LogP contribution < -0.4 is 10.6 Å². The second kappa shape index (κ2) is 9.55. The molecule has 102 valence electrons. The van der Waals surface area contributed by atoms with Gasteiger partial charge >= 0.3 is 0 Å². The maximum Gasteiger partial charge on any atom is 0.191 e. The first kappa shape index (κ1) is 17.6. The molecule has 0 radical (unpaired) electrons. The van der Waals surface area contributed by atoms with Crippen LogP contribution in [-0.4, -0.2) is 19.0 Å². The fourth-order valence-electron chi connectivity index (χ4n) is 1.32. The van der Waals surface area contributed by atoms with Crippen molar-refractivity contribution in [2.24, 2.45) is 4.99 Å². The van der Waals surface area contributed by atoms with Crippen LogP contribution in [0.3, 0.4) is 0 Å². The number of aliphatic imine (C=N–C) groups is 1. The van der Waals surface area contributed by atoms with Gasteiger partial charge in [-0.2, -0.15) is 0 Å². The number of hydrogen-bond donors (Lipinski definition) is 2. The topological polar surface area (TPSA) is 36.4 Å². The van der Waals surface area contributed by atoms with Crippen LogP contribution in [0.15, 0.2) is 27.7 Å². The Hall–Kier alpha value is -0.370. The summed E-state index contributed by atoms with van der Waals surface area (Å²) in [5, 5.41) is 6.23. The van der Waals surface area contributed by atoms with Gasteiger partial charge in [-0.15, -0.1) is 24.0 Å². The summed E-state index contributed by atoms with van der Waals surface area (Å²) >= 11 is 3.12. The molecule has 0 amide bonds.